The molecule has 0 radical (unpaired) electrons. The fourth-order valence-corrected chi connectivity index (χ4v) is 2.15. The van der Waals surface area contributed by atoms with Crippen molar-refractivity contribution >= 4 is 5.91 Å². The Bertz CT molecular complexity index is 860. The second kappa shape index (κ2) is 7.72. The summed E-state index contributed by atoms with van der Waals surface area (Å²) in [6, 6.07) is 6.70. The van der Waals surface area contributed by atoms with Crippen molar-refractivity contribution in [3.63, 3.8) is 0 Å². The summed E-state index contributed by atoms with van der Waals surface area (Å²) in [5.74, 6) is 1.36. The number of hydrogen-bond donors (Lipinski definition) is 1. The van der Waals surface area contributed by atoms with Gasteiger partial charge in [0.2, 0.25) is 5.89 Å². The van der Waals surface area contributed by atoms with Crippen molar-refractivity contribution in [2.75, 3.05) is 6.61 Å². The third-order valence-electron chi connectivity index (χ3n) is 3.52. The number of carbonyl (C=O) groups is 1. The van der Waals surface area contributed by atoms with E-state index in [9.17, 15) is 4.79 Å². The van der Waals surface area contributed by atoms with Crippen LogP contribution in [0.4, 0.5) is 0 Å². The Labute approximate surface area is 149 Å². The van der Waals surface area contributed by atoms with Gasteiger partial charge in [0, 0.05) is 12.0 Å². The van der Waals surface area contributed by atoms with Crippen LogP contribution in [0.5, 0.6) is 5.75 Å². The Morgan fingerprint density at radius 2 is 2.19 bits per heavy atom. The molecule has 26 heavy (non-hydrogen) atoms. The van der Waals surface area contributed by atoms with Crippen LogP contribution in [0.2, 0.25) is 0 Å². The van der Waals surface area contributed by atoms with Gasteiger partial charge in [-0.3, -0.25) is 4.79 Å². The van der Waals surface area contributed by atoms with E-state index >= 15 is 0 Å². The molecule has 0 fully saturated rings. The molecule has 1 amide bonds. The van der Waals surface area contributed by atoms with Gasteiger partial charge >= 0.3 is 0 Å². The van der Waals surface area contributed by atoms with Crippen LogP contribution in [-0.2, 0) is 4.79 Å². The van der Waals surface area contributed by atoms with Crippen LogP contribution in [0, 0.1) is 0 Å². The van der Waals surface area contributed by atoms with Crippen LogP contribution < -0.4 is 10.1 Å². The van der Waals surface area contributed by atoms with E-state index in [0.29, 0.717) is 17.5 Å². The number of ether oxygens (including phenoxy) is 1. The second-order valence-electron chi connectivity index (χ2n) is 5.98. The summed E-state index contributed by atoms with van der Waals surface area (Å²) in [5, 5.41) is 17.6. The number of carbonyl (C=O) groups excluding carboxylic acids is 1. The number of rotatable bonds is 7. The molecule has 2 heterocycles. The minimum atomic E-state index is -0.404. The fourth-order valence-electron chi connectivity index (χ4n) is 2.15. The lowest BCUT2D eigenvalue weighted by molar-refractivity contribution is -0.123. The molecule has 1 N–H and O–H groups in total. The van der Waals surface area contributed by atoms with Crippen LogP contribution in [0.15, 0.2) is 35.1 Å². The Balaban J connectivity index is 1.54. The van der Waals surface area contributed by atoms with Crippen molar-refractivity contribution in [3.05, 3.63) is 42.3 Å². The van der Waals surface area contributed by atoms with E-state index in [-0.39, 0.29) is 18.4 Å². The maximum Gasteiger partial charge on any atom is 0.258 e. The summed E-state index contributed by atoms with van der Waals surface area (Å²) in [4.78, 5) is 16.4. The number of tetrazole rings is 1. The molecule has 3 aromatic rings. The Morgan fingerprint density at radius 1 is 1.35 bits per heavy atom. The monoisotopic (exact) mass is 357 g/mol. The molecule has 0 bridgehead atoms. The number of benzene rings is 1. The lowest BCUT2D eigenvalue weighted by atomic mass is 10.2. The van der Waals surface area contributed by atoms with Crippen molar-refractivity contribution in [2.24, 2.45) is 0 Å². The maximum atomic E-state index is 12.1. The van der Waals surface area contributed by atoms with Gasteiger partial charge in [0.05, 0.1) is 5.69 Å². The average Bonchev–Trinajstić information content (AvgIpc) is 3.32. The molecule has 1 aromatic carbocycles. The minimum Gasteiger partial charge on any atom is -0.484 e. The van der Waals surface area contributed by atoms with E-state index < -0.39 is 6.04 Å². The van der Waals surface area contributed by atoms with E-state index in [1.54, 1.807) is 25.1 Å². The summed E-state index contributed by atoms with van der Waals surface area (Å²) in [7, 11) is 0. The van der Waals surface area contributed by atoms with Crippen LogP contribution in [0.25, 0.3) is 5.69 Å². The van der Waals surface area contributed by atoms with Crippen LogP contribution >= 0.6 is 0 Å². The van der Waals surface area contributed by atoms with Gasteiger partial charge in [0.25, 0.3) is 5.91 Å². The van der Waals surface area contributed by atoms with Crippen molar-refractivity contribution in [1.82, 2.24) is 35.7 Å². The van der Waals surface area contributed by atoms with Crippen LogP contribution in [0.1, 0.15) is 44.4 Å². The smallest absolute Gasteiger partial charge is 0.258 e. The van der Waals surface area contributed by atoms with Crippen LogP contribution in [-0.4, -0.2) is 42.9 Å². The maximum absolute atomic E-state index is 12.1. The van der Waals surface area contributed by atoms with Gasteiger partial charge in [-0.2, -0.15) is 4.98 Å². The molecule has 136 valence electrons. The molecule has 1 unspecified atom stereocenters. The Hall–Kier alpha value is -3.30. The van der Waals surface area contributed by atoms with Gasteiger partial charge in [-0.25, -0.2) is 4.68 Å². The summed E-state index contributed by atoms with van der Waals surface area (Å²) in [5.41, 5.74) is 0.730. The number of nitrogens with zero attached hydrogens (tertiary/aromatic N) is 6. The van der Waals surface area contributed by atoms with E-state index in [4.69, 9.17) is 9.26 Å². The lowest BCUT2D eigenvalue weighted by Crippen LogP contribution is -2.31. The zero-order chi connectivity index (χ0) is 18.5. The quantitative estimate of drug-likeness (QED) is 0.674. The van der Waals surface area contributed by atoms with Crippen molar-refractivity contribution in [2.45, 2.75) is 32.7 Å². The summed E-state index contributed by atoms with van der Waals surface area (Å²) >= 11 is 0. The van der Waals surface area contributed by atoms with Gasteiger partial charge in [-0.05, 0) is 29.5 Å². The van der Waals surface area contributed by atoms with E-state index in [1.165, 1.54) is 11.0 Å². The SMILES string of the molecule is CC(C)c1noc(C(C)NC(=O)COc2cccc(-n3cnnn3)c2)n1. The third kappa shape index (κ3) is 4.21. The highest BCUT2D eigenvalue weighted by atomic mass is 16.5. The van der Waals surface area contributed by atoms with Crippen molar-refractivity contribution < 1.29 is 14.1 Å². The predicted octanol–water partition coefficient (Wildman–Crippen LogP) is 1.42. The highest BCUT2D eigenvalue weighted by Crippen LogP contribution is 2.16. The number of nitrogens with one attached hydrogen (secondary N) is 1. The molecule has 0 aliphatic heterocycles. The van der Waals surface area contributed by atoms with Crippen molar-refractivity contribution in [3.8, 4) is 11.4 Å². The first kappa shape index (κ1) is 17.5. The summed E-state index contributed by atoms with van der Waals surface area (Å²) in [6.45, 7) is 5.56. The van der Waals surface area contributed by atoms with Gasteiger partial charge in [0.1, 0.15) is 18.1 Å². The Kier molecular flexibility index (Phi) is 5.20. The predicted molar refractivity (Wildman–Crippen MR) is 89.6 cm³/mol. The van der Waals surface area contributed by atoms with Gasteiger partial charge in [-0.1, -0.05) is 25.1 Å². The van der Waals surface area contributed by atoms with Gasteiger partial charge in [-0.15, -0.1) is 5.10 Å². The molecular formula is C16H19N7O3. The molecule has 0 saturated heterocycles. The number of aromatic nitrogens is 6. The van der Waals surface area contributed by atoms with E-state index in [0.717, 1.165) is 5.69 Å². The molecular weight excluding hydrogens is 338 g/mol. The van der Waals surface area contributed by atoms with Gasteiger partial charge < -0.3 is 14.6 Å². The zero-order valence-corrected chi connectivity index (χ0v) is 14.7. The lowest BCUT2D eigenvalue weighted by Gasteiger charge is -2.11. The first-order valence-electron chi connectivity index (χ1n) is 8.12. The van der Waals surface area contributed by atoms with Gasteiger partial charge in [0.15, 0.2) is 12.4 Å². The first-order valence-corrected chi connectivity index (χ1v) is 8.12. The molecule has 1 atom stereocenters. The number of amides is 1. The molecule has 0 spiro atoms. The summed E-state index contributed by atoms with van der Waals surface area (Å²) in [6.07, 6.45) is 1.48. The first-order chi connectivity index (χ1) is 12.5. The van der Waals surface area contributed by atoms with E-state index in [1.807, 2.05) is 19.9 Å². The zero-order valence-electron chi connectivity index (χ0n) is 14.7. The summed E-state index contributed by atoms with van der Waals surface area (Å²) < 4.78 is 12.2. The molecule has 3 rings (SSSR count). The molecule has 0 saturated carbocycles. The largest absolute Gasteiger partial charge is 0.484 e. The molecule has 2 aromatic heterocycles. The number of hydrogen-bond acceptors (Lipinski definition) is 8. The topological polar surface area (TPSA) is 121 Å². The van der Waals surface area contributed by atoms with Crippen molar-refractivity contribution in [1.29, 1.82) is 0 Å². The second-order valence-corrected chi connectivity index (χ2v) is 5.98. The third-order valence-corrected chi connectivity index (χ3v) is 3.52. The normalized spacial score (nSPS) is 12.2. The molecule has 0 aliphatic rings. The fraction of sp³-hybridized carbons (Fsp3) is 0.375. The standard InChI is InChI=1S/C16H19N7O3/c1-10(2)15-19-16(26-20-15)11(3)18-14(24)8-25-13-6-4-5-12(7-13)23-9-17-21-22-23/h4-7,9-11H,8H2,1-3H3,(H,18,24). The van der Waals surface area contributed by atoms with E-state index in [2.05, 4.69) is 31.0 Å². The minimum absolute atomic E-state index is 0.144. The molecule has 10 nitrogen and oxygen atoms in total. The molecule has 0 aliphatic carbocycles. The van der Waals surface area contributed by atoms with Crippen LogP contribution in [0.3, 0.4) is 0 Å². The Morgan fingerprint density at radius 3 is 2.88 bits per heavy atom. The molecule has 10 heteroatoms. The highest BCUT2D eigenvalue weighted by molar-refractivity contribution is 5.77. The highest BCUT2D eigenvalue weighted by Gasteiger charge is 2.18. The average molecular weight is 357 g/mol.